The third-order valence-electron chi connectivity index (χ3n) is 2.57. The molecular weight excluding hydrogens is 282 g/mol. The highest BCUT2D eigenvalue weighted by molar-refractivity contribution is 8.14. The number of aromatic nitrogens is 2. The number of ether oxygens (including phenoxy) is 1. The van der Waals surface area contributed by atoms with Crippen LogP contribution in [0.2, 0.25) is 0 Å². The average Bonchev–Trinajstić information content (AvgIpc) is 2.71. The SMILES string of the molecule is COc1nccc(N2CC(S(=O)(=O)Cl)CC2=O)n1. The minimum absolute atomic E-state index is 0.00909. The number of carbonyl (C=O) groups is 1. The third kappa shape index (κ3) is 2.54. The van der Waals surface area contributed by atoms with Gasteiger partial charge in [0.1, 0.15) is 11.1 Å². The number of rotatable bonds is 3. The lowest BCUT2D eigenvalue weighted by atomic mass is 10.4. The van der Waals surface area contributed by atoms with Gasteiger partial charge in [-0.1, -0.05) is 0 Å². The first-order chi connectivity index (χ1) is 8.41. The van der Waals surface area contributed by atoms with Gasteiger partial charge in [-0.3, -0.25) is 9.69 Å². The molecule has 0 aliphatic carbocycles. The quantitative estimate of drug-likeness (QED) is 0.737. The first-order valence-electron chi connectivity index (χ1n) is 5.02. The van der Waals surface area contributed by atoms with E-state index in [1.165, 1.54) is 24.3 Å². The third-order valence-corrected chi connectivity index (χ3v) is 4.43. The minimum Gasteiger partial charge on any atom is -0.467 e. The number of amides is 1. The van der Waals surface area contributed by atoms with Gasteiger partial charge >= 0.3 is 6.01 Å². The molecule has 1 saturated heterocycles. The lowest BCUT2D eigenvalue weighted by molar-refractivity contribution is -0.117. The Labute approximate surface area is 108 Å². The largest absolute Gasteiger partial charge is 0.467 e. The summed E-state index contributed by atoms with van der Waals surface area (Å²) in [6.07, 6.45) is 1.29. The molecular formula is C9H10ClN3O4S. The summed E-state index contributed by atoms with van der Waals surface area (Å²) in [7, 11) is 2.89. The maximum absolute atomic E-state index is 11.7. The van der Waals surface area contributed by atoms with Crippen LogP contribution in [0.3, 0.4) is 0 Å². The molecule has 1 aliphatic heterocycles. The molecule has 0 spiro atoms. The van der Waals surface area contributed by atoms with Crippen molar-refractivity contribution in [3.05, 3.63) is 12.3 Å². The lowest BCUT2D eigenvalue weighted by Crippen LogP contribution is -2.27. The van der Waals surface area contributed by atoms with Crippen molar-refractivity contribution in [3.63, 3.8) is 0 Å². The van der Waals surface area contributed by atoms with Crippen LogP contribution in [-0.4, -0.2) is 43.2 Å². The molecule has 7 nitrogen and oxygen atoms in total. The molecule has 0 bridgehead atoms. The maximum Gasteiger partial charge on any atom is 0.318 e. The van der Waals surface area contributed by atoms with Crippen LogP contribution in [0.5, 0.6) is 6.01 Å². The standard InChI is InChI=1S/C9H10ClN3O4S/c1-17-9-11-3-2-7(12-9)13-5-6(4-8(13)14)18(10,15)16/h2-3,6H,4-5H2,1H3. The highest BCUT2D eigenvalue weighted by atomic mass is 35.7. The Morgan fingerprint density at radius 3 is 2.83 bits per heavy atom. The van der Waals surface area contributed by atoms with Crippen LogP contribution in [0.4, 0.5) is 5.82 Å². The zero-order valence-corrected chi connectivity index (χ0v) is 11.0. The van der Waals surface area contributed by atoms with E-state index < -0.39 is 14.3 Å². The zero-order valence-electron chi connectivity index (χ0n) is 9.41. The number of hydrogen-bond donors (Lipinski definition) is 0. The number of nitrogens with zero attached hydrogens (tertiary/aromatic N) is 3. The number of anilines is 1. The van der Waals surface area contributed by atoms with Gasteiger partial charge in [0, 0.05) is 29.8 Å². The second-order valence-corrected chi connectivity index (χ2v) is 6.62. The van der Waals surface area contributed by atoms with Crippen LogP contribution in [0.15, 0.2) is 12.3 Å². The van der Waals surface area contributed by atoms with Gasteiger partial charge < -0.3 is 4.74 Å². The van der Waals surface area contributed by atoms with E-state index >= 15 is 0 Å². The summed E-state index contributed by atoms with van der Waals surface area (Å²) in [5, 5.41) is -0.910. The molecule has 1 aliphatic rings. The molecule has 1 aromatic rings. The van der Waals surface area contributed by atoms with E-state index in [2.05, 4.69) is 9.97 Å². The summed E-state index contributed by atoms with van der Waals surface area (Å²) >= 11 is 0. The highest BCUT2D eigenvalue weighted by Gasteiger charge is 2.38. The Kier molecular flexibility index (Phi) is 3.40. The molecule has 0 saturated carbocycles. The van der Waals surface area contributed by atoms with E-state index in [0.717, 1.165) is 0 Å². The summed E-state index contributed by atoms with van der Waals surface area (Å²) in [4.78, 5) is 20.8. The van der Waals surface area contributed by atoms with Crippen molar-refractivity contribution in [2.24, 2.45) is 0 Å². The van der Waals surface area contributed by atoms with Gasteiger partial charge in [-0.15, -0.1) is 0 Å². The molecule has 2 heterocycles. The van der Waals surface area contributed by atoms with Crippen molar-refractivity contribution >= 4 is 31.5 Å². The minimum atomic E-state index is -3.76. The Morgan fingerprint density at radius 1 is 1.56 bits per heavy atom. The van der Waals surface area contributed by atoms with Gasteiger partial charge in [-0.25, -0.2) is 13.4 Å². The van der Waals surface area contributed by atoms with Crippen molar-refractivity contribution in [3.8, 4) is 6.01 Å². The summed E-state index contributed by atoms with van der Waals surface area (Å²) in [6, 6.07) is 1.61. The molecule has 98 valence electrons. The fraction of sp³-hybridized carbons (Fsp3) is 0.444. The Bertz CT molecular complexity index is 577. The van der Waals surface area contributed by atoms with Gasteiger partial charge in [0.25, 0.3) is 0 Å². The predicted octanol–water partition coefficient (Wildman–Crippen LogP) is 0.159. The molecule has 1 aromatic heterocycles. The maximum atomic E-state index is 11.7. The normalized spacial score (nSPS) is 20.2. The fourth-order valence-corrected chi connectivity index (χ4v) is 2.69. The van der Waals surface area contributed by atoms with E-state index in [1.807, 2.05) is 0 Å². The van der Waals surface area contributed by atoms with E-state index in [9.17, 15) is 13.2 Å². The number of carbonyl (C=O) groups excluding carboxylic acids is 1. The van der Waals surface area contributed by atoms with E-state index in [0.29, 0.717) is 5.82 Å². The lowest BCUT2D eigenvalue weighted by Gasteiger charge is -2.14. The number of halogens is 1. The van der Waals surface area contributed by atoms with E-state index in [4.69, 9.17) is 15.4 Å². The summed E-state index contributed by atoms with van der Waals surface area (Å²) in [5.41, 5.74) is 0. The predicted molar refractivity (Wildman–Crippen MR) is 64.1 cm³/mol. The zero-order chi connectivity index (χ0) is 13.3. The molecule has 0 radical (unpaired) electrons. The molecule has 1 fully saturated rings. The average molecular weight is 292 g/mol. The summed E-state index contributed by atoms with van der Waals surface area (Å²) in [6.45, 7) is -0.00909. The van der Waals surface area contributed by atoms with Crippen LogP contribution < -0.4 is 9.64 Å². The van der Waals surface area contributed by atoms with E-state index in [-0.39, 0.29) is 24.9 Å². The van der Waals surface area contributed by atoms with E-state index in [1.54, 1.807) is 0 Å². The second kappa shape index (κ2) is 4.69. The monoisotopic (exact) mass is 291 g/mol. The molecule has 18 heavy (non-hydrogen) atoms. The topological polar surface area (TPSA) is 89.5 Å². The van der Waals surface area contributed by atoms with Gasteiger partial charge in [0.15, 0.2) is 0 Å². The van der Waals surface area contributed by atoms with Gasteiger partial charge in [0.2, 0.25) is 15.0 Å². The van der Waals surface area contributed by atoms with Crippen LogP contribution in [-0.2, 0) is 13.8 Å². The second-order valence-electron chi connectivity index (χ2n) is 3.71. The molecule has 1 amide bonds. The van der Waals surface area contributed by atoms with Crippen molar-refractivity contribution in [1.29, 1.82) is 0 Å². The summed E-state index contributed by atoms with van der Waals surface area (Å²) < 4.78 is 27.3. The fourth-order valence-electron chi connectivity index (χ4n) is 1.67. The molecule has 1 unspecified atom stereocenters. The van der Waals surface area contributed by atoms with Gasteiger partial charge in [-0.05, 0) is 6.07 Å². The molecule has 2 rings (SSSR count). The number of methoxy groups -OCH3 is 1. The van der Waals surface area contributed by atoms with Crippen LogP contribution in [0.1, 0.15) is 6.42 Å². The van der Waals surface area contributed by atoms with Crippen molar-refractivity contribution in [2.75, 3.05) is 18.6 Å². The van der Waals surface area contributed by atoms with Crippen molar-refractivity contribution in [1.82, 2.24) is 9.97 Å². The van der Waals surface area contributed by atoms with Crippen molar-refractivity contribution in [2.45, 2.75) is 11.7 Å². The van der Waals surface area contributed by atoms with Crippen molar-refractivity contribution < 1.29 is 17.9 Å². The van der Waals surface area contributed by atoms with Gasteiger partial charge in [0.05, 0.1) is 7.11 Å². The van der Waals surface area contributed by atoms with Crippen LogP contribution in [0.25, 0.3) is 0 Å². The Morgan fingerprint density at radius 2 is 2.28 bits per heavy atom. The Balaban J connectivity index is 2.27. The van der Waals surface area contributed by atoms with Gasteiger partial charge in [-0.2, -0.15) is 4.98 Å². The molecule has 0 aromatic carbocycles. The first-order valence-corrected chi connectivity index (χ1v) is 7.40. The molecule has 0 N–H and O–H groups in total. The van der Waals surface area contributed by atoms with Crippen LogP contribution >= 0.6 is 10.7 Å². The Hall–Kier alpha value is -1.41. The first kappa shape index (κ1) is 13.0. The smallest absolute Gasteiger partial charge is 0.318 e. The van der Waals surface area contributed by atoms with Crippen LogP contribution in [0, 0.1) is 0 Å². The highest BCUT2D eigenvalue weighted by Crippen LogP contribution is 2.25. The summed E-state index contributed by atoms with van der Waals surface area (Å²) in [5.74, 6) is -0.0420. The number of hydrogen-bond acceptors (Lipinski definition) is 6. The molecule has 1 atom stereocenters. The molecule has 9 heteroatoms.